The molecule has 2 aliphatic rings. The minimum absolute atomic E-state index is 0.300. The Hall–Kier alpha value is -2.40. The molecule has 144 valence electrons. The van der Waals surface area contributed by atoms with Crippen LogP contribution in [0.4, 0.5) is 0 Å². The smallest absolute Gasteiger partial charge is 0.231 e. The van der Waals surface area contributed by atoms with Crippen molar-refractivity contribution in [3.8, 4) is 23.0 Å². The highest BCUT2D eigenvalue weighted by atomic mass is 16.7. The van der Waals surface area contributed by atoms with Crippen LogP contribution in [0.5, 0.6) is 23.0 Å². The van der Waals surface area contributed by atoms with E-state index < -0.39 is 0 Å². The molecule has 5 heteroatoms. The number of fused-ring (bicyclic) bond motifs is 2. The molecule has 27 heavy (non-hydrogen) atoms. The van der Waals surface area contributed by atoms with Crippen LogP contribution in [0, 0.1) is 0 Å². The first-order chi connectivity index (χ1) is 13.3. The van der Waals surface area contributed by atoms with Crippen molar-refractivity contribution in [1.82, 2.24) is 0 Å². The summed E-state index contributed by atoms with van der Waals surface area (Å²) in [6.07, 6.45) is 4.01. The van der Waals surface area contributed by atoms with E-state index in [1.54, 1.807) is 0 Å². The molecule has 0 fully saturated rings. The van der Waals surface area contributed by atoms with Gasteiger partial charge in [-0.2, -0.15) is 0 Å². The summed E-state index contributed by atoms with van der Waals surface area (Å²) in [4.78, 5) is 0. The zero-order valence-corrected chi connectivity index (χ0v) is 16.0. The molecule has 2 aromatic carbocycles. The van der Waals surface area contributed by atoms with E-state index in [0.29, 0.717) is 26.8 Å². The van der Waals surface area contributed by atoms with E-state index in [-0.39, 0.29) is 0 Å². The third kappa shape index (κ3) is 3.56. The molecule has 0 N–H and O–H groups in total. The fourth-order valence-electron chi connectivity index (χ4n) is 3.73. The van der Waals surface area contributed by atoms with Crippen molar-refractivity contribution in [2.24, 2.45) is 0 Å². The molecule has 0 aromatic heterocycles. The van der Waals surface area contributed by atoms with Crippen molar-refractivity contribution in [1.29, 1.82) is 0 Å². The Morgan fingerprint density at radius 3 is 1.63 bits per heavy atom. The molecule has 0 saturated carbocycles. The first-order valence-corrected chi connectivity index (χ1v) is 9.70. The van der Waals surface area contributed by atoms with E-state index in [1.807, 2.05) is 12.1 Å². The van der Waals surface area contributed by atoms with Gasteiger partial charge in [0, 0.05) is 11.1 Å². The van der Waals surface area contributed by atoms with Crippen LogP contribution in [0.2, 0.25) is 0 Å². The summed E-state index contributed by atoms with van der Waals surface area (Å²) >= 11 is 0. The molecule has 5 nitrogen and oxygen atoms in total. The monoisotopic (exact) mass is 370 g/mol. The van der Waals surface area contributed by atoms with Crippen molar-refractivity contribution < 1.29 is 23.7 Å². The van der Waals surface area contributed by atoms with Gasteiger partial charge < -0.3 is 23.7 Å². The number of ether oxygens (including phenoxy) is 5. The van der Waals surface area contributed by atoms with Crippen molar-refractivity contribution in [3.63, 3.8) is 0 Å². The summed E-state index contributed by atoms with van der Waals surface area (Å²) < 4.78 is 28.5. The molecule has 2 aliphatic heterocycles. The number of hydrogen-bond acceptors (Lipinski definition) is 5. The van der Waals surface area contributed by atoms with Gasteiger partial charge in [-0.15, -0.1) is 0 Å². The van der Waals surface area contributed by atoms with Crippen LogP contribution < -0.4 is 18.9 Å². The Morgan fingerprint density at radius 2 is 1.19 bits per heavy atom. The van der Waals surface area contributed by atoms with E-state index in [0.717, 1.165) is 48.7 Å². The molecule has 0 atom stereocenters. The van der Waals surface area contributed by atoms with E-state index in [2.05, 4.69) is 26.0 Å². The molecular formula is C22H26O5. The first kappa shape index (κ1) is 18.0. The summed E-state index contributed by atoms with van der Waals surface area (Å²) in [5, 5.41) is 0. The third-order valence-corrected chi connectivity index (χ3v) is 4.99. The SMILES string of the molecule is CCCc1c(COCc2ccc3c(c2CCC)OCO3)ccc2c1OCO2. The highest BCUT2D eigenvalue weighted by Crippen LogP contribution is 2.40. The molecule has 4 rings (SSSR count). The van der Waals surface area contributed by atoms with Crippen LogP contribution in [0.15, 0.2) is 24.3 Å². The maximum absolute atomic E-state index is 6.11. The number of hydrogen-bond donors (Lipinski definition) is 0. The molecule has 0 unspecified atom stereocenters. The van der Waals surface area contributed by atoms with Gasteiger partial charge in [-0.3, -0.25) is 0 Å². The summed E-state index contributed by atoms with van der Waals surface area (Å²) in [5.41, 5.74) is 4.73. The molecule has 0 saturated heterocycles. The minimum atomic E-state index is 0.300. The summed E-state index contributed by atoms with van der Waals surface area (Å²) in [6, 6.07) is 8.13. The zero-order chi connectivity index (χ0) is 18.6. The van der Waals surface area contributed by atoms with Crippen LogP contribution in [0.1, 0.15) is 48.9 Å². The average Bonchev–Trinajstić information content (AvgIpc) is 3.34. The van der Waals surface area contributed by atoms with Crippen LogP contribution >= 0.6 is 0 Å². The molecule has 0 spiro atoms. The van der Waals surface area contributed by atoms with Gasteiger partial charge in [0.15, 0.2) is 23.0 Å². The minimum Gasteiger partial charge on any atom is -0.454 e. The van der Waals surface area contributed by atoms with E-state index in [1.165, 1.54) is 22.3 Å². The summed E-state index contributed by atoms with van der Waals surface area (Å²) in [6.45, 7) is 6.03. The molecule has 0 aliphatic carbocycles. The summed E-state index contributed by atoms with van der Waals surface area (Å²) in [5.74, 6) is 3.44. The Labute approximate surface area is 160 Å². The molecule has 2 heterocycles. The second-order valence-corrected chi connectivity index (χ2v) is 6.87. The number of rotatable bonds is 8. The van der Waals surface area contributed by atoms with Gasteiger partial charge >= 0.3 is 0 Å². The second-order valence-electron chi connectivity index (χ2n) is 6.87. The maximum Gasteiger partial charge on any atom is 0.231 e. The molecule has 0 amide bonds. The predicted octanol–water partition coefficient (Wildman–Crippen LogP) is 4.77. The zero-order valence-electron chi connectivity index (χ0n) is 16.0. The fraction of sp³-hybridized carbons (Fsp3) is 0.455. The van der Waals surface area contributed by atoms with Crippen molar-refractivity contribution >= 4 is 0 Å². The van der Waals surface area contributed by atoms with Gasteiger partial charge in [-0.25, -0.2) is 0 Å². The quantitative estimate of drug-likeness (QED) is 0.670. The second kappa shape index (κ2) is 8.09. The topological polar surface area (TPSA) is 46.2 Å². The van der Waals surface area contributed by atoms with Gasteiger partial charge in [0.2, 0.25) is 13.6 Å². The molecule has 0 bridgehead atoms. The van der Waals surface area contributed by atoms with Crippen molar-refractivity contribution in [2.75, 3.05) is 13.6 Å². The van der Waals surface area contributed by atoms with Crippen molar-refractivity contribution in [3.05, 3.63) is 46.5 Å². The lowest BCUT2D eigenvalue weighted by Crippen LogP contribution is -2.03. The van der Waals surface area contributed by atoms with Gasteiger partial charge in [0.25, 0.3) is 0 Å². The van der Waals surface area contributed by atoms with Gasteiger partial charge in [-0.05, 0) is 36.1 Å². The van der Waals surface area contributed by atoms with Crippen molar-refractivity contribution in [2.45, 2.75) is 52.7 Å². The van der Waals surface area contributed by atoms with Crippen LogP contribution in [-0.2, 0) is 30.8 Å². The number of benzene rings is 2. The fourth-order valence-corrected chi connectivity index (χ4v) is 3.73. The van der Waals surface area contributed by atoms with Gasteiger partial charge in [0.1, 0.15) is 0 Å². The largest absolute Gasteiger partial charge is 0.454 e. The normalized spacial score (nSPS) is 14.0. The maximum atomic E-state index is 6.11. The summed E-state index contributed by atoms with van der Waals surface area (Å²) in [7, 11) is 0. The van der Waals surface area contributed by atoms with E-state index in [4.69, 9.17) is 23.7 Å². The first-order valence-electron chi connectivity index (χ1n) is 9.70. The lowest BCUT2D eigenvalue weighted by molar-refractivity contribution is 0.105. The Bertz CT molecular complexity index is 747. The lowest BCUT2D eigenvalue weighted by atomic mass is 10.0. The Morgan fingerprint density at radius 1 is 0.704 bits per heavy atom. The van der Waals surface area contributed by atoms with E-state index in [9.17, 15) is 0 Å². The van der Waals surface area contributed by atoms with Crippen LogP contribution in [0.3, 0.4) is 0 Å². The third-order valence-electron chi connectivity index (χ3n) is 4.99. The van der Waals surface area contributed by atoms with Gasteiger partial charge in [-0.1, -0.05) is 38.8 Å². The van der Waals surface area contributed by atoms with Crippen LogP contribution in [0.25, 0.3) is 0 Å². The Balaban J connectivity index is 1.49. The molecule has 2 aromatic rings. The highest BCUT2D eigenvalue weighted by Gasteiger charge is 2.22. The predicted molar refractivity (Wildman–Crippen MR) is 102 cm³/mol. The highest BCUT2D eigenvalue weighted by molar-refractivity contribution is 5.53. The van der Waals surface area contributed by atoms with Crippen LogP contribution in [-0.4, -0.2) is 13.6 Å². The molecule has 0 radical (unpaired) electrons. The Kier molecular flexibility index (Phi) is 5.39. The van der Waals surface area contributed by atoms with E-state index >= 15 is 0 Å². The standard InChI is InChI=1S/C22H26O5/c1-3-5-17-15(7-9-19-21(17)26-13-24-19)11-23-12-16-8-10-20-22(27-14-25-20)18(16)6-4-2/h7-10H,3-6,11-14H2,1-2H3. The average molecular weight is 370 g/mol. The van der Waals surface area contributed by atoms with Gasteiger partial charge in [0.05, 0.1) is 13.2 Å². The molecular weight excluding hydrogens is 344 g/mol. The lowest BCUT2D eigenvalue weighted by Gasteiger charge is -2.15.